The molecule has 94 valence electrons. The first-order valence-corrected chi connectivity index (χ1v) is 7.44. The Hall–Kier alpha value is -1.06. The third kappa shape index (κ3) is 1.91. The molecule has 2 atom stereocenters. The minimum Gasteiger partial charge on any atom is -0.384 e. The lowest BCUT2D eigenvalue weighted by Crippen LogP contribution is -2.38. The summed E-state index contributed by atoms with van der Waals surface area (Å²) < 4.78 is 0. The van der Waals surface area contributed by atoms with Gasteiger partial charge in [-0.15, -0.1) is 0 Å². The molecule has 1 saturated heterocycles. The number of aromatic nitrogens is 1. The van der Waals surface area contributed by atoms with E-state index in [1.165, 1.54) is 0 Å². The van der Waals surface area contributed by atoms with E-state index in [2.05, 4.69) is 24.0 Å². The molecular formula is C15H17NOS. The number of benzene rings is 1. The Morgan fingerprint density at radius 2 is 2.22 bits per heavy atom. The van der Waals surface area contributed by atoms with Crippen LogP contribution in [-0.2, 0) is 5.60 Å². The number of pyridine rings is 1. The Labute approximate surface area is 111 Å². The first kappa shape index (κ1) is 12.0. The smallest absolute Gasteiger partial charge is 0.103 e. The highest BCUT2D eigenvalue weighted by molar-refractivity contribution is 8.00. The van der Waals surface area contributed by atoms with Gasteiger partial charge in [0.05, 0.1) is 5.52 Å². The van der Waals surface area contributed by atoms with Crippen molar-refractivity contribution in [2.24, 2.45) is 0 Å². The van der Waals surface area contributed by atoms with Gasteiger partial charge >= 0.3 is 0 Å². The summed E-state index contributed by atoms with van der Waals surface area (Å²) in [5, 5.41) is 12.2. The lowest BCUT2D eigenvalue weighted by molar-refractivity contribution is 0.0252. The molecule has 1 fully saturated rings. The molecule has 3 heteroatoms. The fourth-order valence-corrected chi connectivity index (χ4v) is 3.82. The summed E-state index contributed by atoms with van der Waals surface area (Å²) in [4.78, 5) is 4.47. The molecule has 1 N–H and O–H groups in total. The maximum absolute atomic E-state index is 10.9. The molecule has 0 aliphatic carbocycles. The standard InChI is InChI=1S/C15H17NOS/c1-11-15(17,7-4-8-18-11)13-9-12-5-2-3-6-14(12)16-10-13/h2-3,5-6,9-11,17H,4,7-8H2,1H3. The number of thioether (sulfide) groups is 1. The lowest BCUT2D eigenvalue weighted by Gasteiger charge is -2.37. The highest BCUT2D eigenvalue weighted by atomic mass is 32.2. The van der Waals surface area contributed by atoms with Crippen LogP contribution >= 0.6 is 11.8 Å². The highest BCUT2D eigenvalue weighted by Gasteiger charge is 2.38. The SMILES string of the molecule is CC1SCCCC1(O)c1cnc2ccccc2c1. The minimum atomic E-state index is -0.722. The predicted octanol–water partition coefficient (Wildman–Crippen LogP) is 3.34. The van der Waals surface area contributed by atoms with Crippen molar-refractivity contribution in [3.05, 3.63) is 42.1 Å². The van der Waals surface area contributed by atoms with Crippen LogP contribution < -0.4 is 0 Å². The molecule has 1 aliphatic heterocycles. The molecule has 3 rings (SSSR count). The number of hydrogen-bond acceptors (Lipinski definition) is 3. The molecule has 2 heterocycles. The normalized spacial score (nSPS) is 28.4. The molecule has 0 saturated carbocycles. The van der Waals surface area contributed by atoms with Crippen LogP contribution in [0.3, 0.4) is 0 Å². The summed E-state index contributed by atoms with van der Waals surface area (Å²) in [6, 6.07) is 10.1. The zero-order valence-corrected chi connectivity index (χ0v) is 11.3. The molecule has 0 bridgehead atoms. The van der Waals surface area contributed by atoms with Gasteiger partial charge in [-0.3, -0.25) is 4.98 Å². The van der Waals surface area contributed by atoms with Gasteiger partial charge in [0.25, 0.3) is 0 Å². The number of para-hydroxylation sites is 1. The van der Waals surface area contributed by atoms with Crippen LogP contribution in [0.4, 0.5) is 0 Å². The number of hydrogen-bond donors (Lipinski definition) is 1. The molecule has 2 unspecified atom stereocenters. The number of fused-ring (bicyclic) bond motifs is 1. The Morgan fingerprint density at radius 1 is 1.39 bits per heavy atom. The second-order valence-electron chi connectivity index (χ2n) is 4.96. The van der Waals surface area contributed by atoms with Crippen molar-refractivity contribution >= 4 is 22.7 Å². The van der Waals surface area contributed by atoms with Crippen LogP contribution in [-0.4, -0.2) is 21.1 Å². The zero-order chi connectivity index (χ0) is 12.6. The fraction of sp³-hybridized carbons (Fsp3) is 0.400. The van der Waals surface area contributed by atoms with Gasteiger partial charge in [-0.05, 0) is 30.7 Å². The van der Waals surface area contributed by atoms with Gasteiger partial charge < -0.3 is 5.11 Å². The van der Waals surface area contributed by atoms with Crippen LogP contribution in [0.2, 0.25) is 0 Å². The van der Waals surface area contributed by atoms with Crippen LogP contribution in [0, 0.1) is 0 Å². The number of aliphatic hydroxyl groups is 1. The molecule has 1 aromatic heterocycles. The van der Waals surface area contributed by atoms with Crippen molar-refractivity contribution in [2.45, 2.75) is 30.6 Å². The summed E-state index contributed by atoms with van der Waals surface area (Å²) in [7, 11) is 0. The number of rotatable bonds is 1. The number of nitrogens with zero attached hydrogens (tertiary/aromatic N) is 1. The third-order valence-electron chi connectivity index (χ3n) is 3.83. The quantitative estimate of drug-likeness (QED) is 0.852. The third-order valence-corrected chi connectivity index (χ3v) is 5.25. The van der Waals surface area contributed by atoms with E-state index in [4.69, 9.17) is 0 Å². The molecule has 2 nitrogen and oxygen atoms in total. The summed E-state index contributed by atoms with van der Waals surface area (Å²) in [5.41, 5.74) is 1.22. The highest BCUT2D eigenvalue weighted by Crippen LogP contribution is 2.41. The fourth-order valence-electron chi connectivity index (χ4n) is 2.63. The second kappa shape index (κ2) is 4.56. The zero-order valence-electron chi connectivity index (χ0n) is 10.5. The first-order chi connectivity index (χ1) is 8.70. The van der Waals surface area contributed by atoms with E-state index in [0.717, 1.165) is 35.1 Å². The average Bonchev–Trinajstić information content (AvgIpc) is 2.42. The molecule has 0 radical (unpaired) electrons. The van der Waals surface area contributed by atoms with Gasteiger partial charge in [0.2, 0.25) is 0 Å². The Balaban J connectivity index is 2.07. The van der Waals surface area contributed by atoms with Crippen molar-refractivity contribution in [2.75, 3.05) is 5.75 Å². The van der Waals surface area contributed by atoms with Gasteiger partial charge in [0.1, 0.15) is 5.60 Å². The first-order valence-electron chi connectivity index (χ1n) is 6.39. The second-order valence-corrected chi connectivity index (χ2v) is 6.41. The van der Waals surface area contributed by atoms with Gasteiger partial charge in [-0.2, -0.15) is 11.8 Å². The van der Waals surface area contributed by atoms with Gasteiger partial charge in [-0.1, -0.05) is 25.1 Å². The van der Waals surface area contributed by atoms with Crippen molar-refractivity contribution in [3.63, 3.8) is 0 Å². The van der Waals surface area contributed by atoms with Crippen LogP contribution in [0.15, 0.2) is 36.5 Å². The monoisotopic (exact) mass is 259 g/mol. The topological polar surface area (TPSA) is 33.1 Å². The van der Waals surface area contributed by atoms with E-state index in [1.807, 2.05) is 36.2 Å². The van der Waals surface area contributed by atoms with Gasteiger partial charge in [-0.25, -0.2) is 0 Å². The van der Waals surface area contributed by atoms with E-state index in [0.29, 0.717) is 0 Å². The molecule has 1 aromatic carbocycles. The van der Waals surface area contributed by atoms with Crippen molar-refractivity contribution in [1.82, 2.24) is 4.98 Å². The summed E-state index contributed by atoms with van der Waals surface area (Å²) in [6.45, 7) is 2.11. The lowest BCUT2D eigenvalue weighted by atomic mass is 9.86. The van der Waals surface area contributed by atoms with Crippen molar-refractivity contribution in [1.29, 1.82) is 0 Å². The van der Waals surface area contributed by atoms with Crippen LogP contribution in [0.1, 0.15) is 25.3 Å². The molecule has 0 amide bonds. The maximum atomic E-state index is 10.9. The Morgan fingerprint density at radius 3 is 3.06 bits per heavy atom. The molecule has 1 aliphatic rings. The predicted molar refractivity (Wildman–Crippen MR) is 76.8 cm³/mol. The minimum absolute atomic E-state index is 0.231. The van der Waals surface area contributed by atoms with E-state index in [-0.39, 0.29) is 5.25 Å². The molecule has 18 heavy (non-hydrogen) atoms. The van der Waals surface area contributed by atoms with Gasteiger partial charge in [0.15, 0.2) is 0 Å². The largest absolute Gasteiger partial charge is 0.384 e. The van der Waals surface area contributed by atoms with E-state index >= 15 is 0 Å². The Kier molecular flexibility index (Phi) is 3.04. The molecular weight excluding hydrogens is 242 g/mol. The summed E-state index contributed by atoms with van der Waals surface area (Å²) >= 11 is 1.85. The summed E-state index contributed by atoms with van der Waals surface area (Å²) in [5.74, 6) is 1.14. The maximum Gasteiger partial charge on any atom is 0.103 e. The van der Waals surface area contributed by atoms with Crippen molar-refractivity contribution < 1.29 is 5.11 Å². The average molecular weight is 259 g/mol. The van der Waals surface area contributed by atoms with Crippen LogP contribution in [0.5, 0.6) is 0 Å². The van der Waals surface area contributed by atoms with E-state index in [9.17, 15) is 5.11 Å². The van der Waals surface area contributed by atoms with Crippen LogP contribution in [0.25, 0.3) is 10.9 Å². The Bertz CT molecular complexity index is 571. The summed E-state index contributed by atoms with van der Waals surface area (Å²) in [6.07, 6.45) is 3.74. The van der Waals surface area contributed by atoms with E-state index < -0.39 is 5.60 Å². The molecule has 2 aromatic rings. The van der Waals surface area contributed by atoms with Crippen molar-refractivity contribution in [3.8, 4) is 0 Å². The van der Waals surface area contributed by atoms with Gasteiger partial charge in [0, 0.05) is 22.4 Å². The molecule has 0 spiro atoms. The van der Waals surface area contributed by atoms with E-state index in [1.54, 1.807) is 0 Å².